The average molecular weight is 913 g/mol. The number of allylic oxidation sites excluding steroid dienone is 1. The van der Waals surface area contributed by atoms with E-state index in [1.807, 2.05) is 33.8 Å². The van der Waals surface area contributed by atoms with Crippen molar-refractivity contribution >= 4 is 74.2 Å². The van der Waals surface area contributed by atoms with E-state index in [1.165, 1.54) is 25.5 Å². The molecule has 4 aromatic rings. The highest BCUT2D eigenvalue weighted by Gasteiger charge is 2.34. The number of carbonyl (C=O) groups is 2. The molecule has 4 heterocycles. The summed E-state index contributed by atoms with van der Waals surface area (Å²) in [6.07, 6.45) is 17.3. The van der Waals surface area contributed by atoms with E-state index in [-0.39, 0.29) is 17.1 Å². The molecule has 2 aliphatic heterocycles. The molecular formula is C47H68ClFN7O4PS. The van der Waals surface area contributed by atoms with Crippen molar-refractivity contribution in [2.75, 3.05) is 58.4 Å². The van der Waals surface area contributed by atoms with Crippen LogP contribution in [0.25, 0.3) is 31.7 Å². The molecule has 6 rings (SSSR count). The minimum atomic E-state index is -1.07. The minimum absolute atomic E-state index is 0.0706. The van der Waals surface area contributed by atoms with E-state index in [0.29, 0.717) is 56.7 Å². The fourth-order valence-corrected chi connectivity index (χ4v) is 12.3. The second-order valence-electron chi connectivity index (χ2n) is 17.6. The smallest absolute Gasteiger partial charge is 0.220 e. The number of anilines is 2. The lowest BCUT2D eigenvalue weighted by Gasteiger charge is -2.40. The zero-order valence-corrected chi connectivity index (χ0v) is 40.3. The molecule has 0 saturated carbocycles. The van der Waals surface area contributed by atoms with Crippen LogP contribution in [0.5, 0.6) is 0 Å². The highest BCUT2D eigenvalue weighted by atomic mass is 35.5. The molecule has 0 bridgehead atoms. The monoisotopic (exact) mass is 911 g/mol. The van der Waals surface area contributed by atoms with Gasteiger partial charge in [-0.05, 0) is 102 Å². The van der Waals surface area contributed by atoms with Gasteiger partial charge in [-0.1, -0.05) is 70.2 Å². The Labute approximate surface area is 378 Å². The predicted molar refractivity (Wildman–Crippen MR) is 259 cm³/mol. The van der Waals surface area contributed by atoms with Crippen molar-refractivity contribution in [3.05, 3.63) is 51.9 Å². The van der Waals surface area contributed by atoms with Gasteiger partial charge in [-0.15, -0.1) is 17.8 Å². The average Bonchev–Trinajstić information content (AvgIpc) is 3.90. The van der Waals surface area contributed by atoms with Gasteiger partial charge in [0.15, 0.2) is 0 Å². The van der Waals surface area contributed by atoms with Gasteiger partial charge in [0, 0.05) is 71.0 Å². The third-order valence-electron chi connectivity index (χ3n) is 11.7. The number of ether oxygens (including phenoxy) is 1. The SMILES string of the molecule is C#Cc1c(N)sc2c(F)ccc(-c3c(Cl)cc4c(N)np(CC5(C)CN(CCCCCCC(=O)NC(C=O)C(C)(C)C)CCO5)c4c3C)c12.CC/C=C(/N)C1CCCN1C.CO. The van der Waals surface area contributed by atoms with E-state index in [9.17, 15) is 14.0 Å². The summed E-state index contributed by atoms with van der Waals surface area (Å²) < 4.78 is 26.7. The maximum absolute atomic E-state index is 14.9. The summed E-state index contributed by atoms with van der Waals surface area (Å²) in [4.78, 5) is 28.5. The second-order valence-corrected chi connectivity index (χ2v) is 20.8. The Morgan fingerprint density at radius 2 is 1.95 bits per heavy atom. The van der Waals surface area contributed by atoms with Gasteiger partial charge < -0.3 is 37.2 Å². The second kappa shape index (κ2) is 22.8. The molecule has 0 radical (unpaired) electrons. The van der Waals surface area contributed by atoms with Gasteiger partial charge in [0.05, 0.1) is 28.5 Å². The van der Waals surface area contributed by atoms with Crippen LogP contribution < -0.4 is 22.5 Å². The van der Waals surface area contributed by atoms with Gasteiger partial charge in [0.2, 0.25) is 5.91 Å². The molecule has 2 saturated heterocycles. The highest BCUT2D eigenvalue weighted by Crippen LogP contribution is 2.52. The number of rotatable bonds is 14. The number of aromatic nitrogens is 1. The highest BCUT2D eigenvalue weighted by molar-refractivity contribution is 7.51. The van der Waals surface area contributed by atoms with Crippen LogP contribution in [0.1, 0.15) is 97.1 Å². The largest absolute Gasteiger partial charge is 0.401 e. The van der Waals surface area contributed by atoms with E-state index in [0.717, 1.165) is 109 Å². The Morgan fingerprint density at radius 3 is 2.58 bits per heavy atom. The van der Waals surface area contributed by atoms with Gasteiger partial charge in [-0.2, -0.15) is 0 Å². The Morgan fingerprint density at radius 1 is 1.24 bits per heavy atom. The van der Waals surface area contributed by atoms with Gasteiger partial charge in [-0.3, -0.25) is 14.6 Å². The first-order valence-corrected chi connectivity index (χ1v) is 24.2. The van der Waals surface area contributed by atoms with E-state index in [1.54, 1.807) is 6.07 Å². The van der Waals surface area contributed by atoms with Crippen molar-refractivity contribution in [1.29, 1.82) is 0 Å². The quantitative estimate of drug-likeness (QED) is 0.0467. The standard InChI is InChI=1S/C37H46ClFN5O3PS.C9H18N2.CH4O/c1-7-23-31-24(13-14-27(39)33(31)49-35(23)41)30-22(2)32-25(18-26(30)38)34(40)43-48(32)21-37(6)20-44(16-17-47-37)15-11-9-8-10-12-29(46)42-28(19-45)36(3,4)5;1-3-5-8(10)9-6-4-7-11(9)2;1-2/h1,13-14,18-19,28H,8-12,15-17,20-21,41H2,2-6H3,(H2,40,43)(H,42,46);5,9H,3-4,6-7,10H2,1-2H3;2H,1H3/b;8-5+;. The molecule has 62 heavy (non-hydrogen) atoms. The number of benzene rings is 2. The lowest BCUT2D eigenvalue weighted by molar-refractivity contribution is -0.125. The zero-order valence-electron chi connectivity index (χ0n) is 37.9. The number of amides is 1. The molecule has 4 atom stereocenters. The van der Waals surface area contributed by atoms with Crippen molar-refractivity contribution in [1.82, 2.24) is 19.9 Å². The topological polar surface area (TPSA) is 173 Å². The number of hydrogen-bond acceptors (Lipinski definition) is 11. The van der Waals surface area contributed by atoms with E-state index in [2.05, 4.69) is 48.0 Å². The van der Waals surface area contributed by atoms with Crippen molar-refractivity contribution in [3.63, 3.8) is 0 Å². The first kappa shape index (κ1) is 50.9. The number of nitrogens with two attached hydrogens (primary N) is 3. The number of terminal acetylenes is 1. The molecule has 0 aliphatic carbocycles. The number of thiophene rings is 1. The number of fused-ring (bicyclic) bond motifs is 2. The number of aliphatic hydroxyl groups excluding tert-OH is 1. The number of likely N-dealkylation sites (N-methyl/N-ethyl adjacent to an activating group) is 1. The Bertz CT molecular complexity index is 2250. The van der Waals surface area contributed by atoms with Crippen LogP contribution in [0.15, 0.2) is 30.0 Å². The molecule has 0 spiro atoms. The third kappa shape index (κ3) is 12.3. The first-order valence-electron chi connectivity index (χ1n) is 21.6. The van der Waals surface area contributed by atoms with Crippen molar-refractivity contribution in [2.45, 2.75) is 117 Å². The molecule has 340 valence electrons. The van der Waals surface area contributed by atoms with Crippen LogP contribution in [-0.4, -0.2) is 96.5 Å². The van der Waals surface area contributed by atoms with Crippen LogP contribution >= 0.6 is 30.6 Å². The number of halogens is 2. The Hall–Kier alpha value is -3.73. The summed E-state index contributed by atoms with van der Waals surface area (Å²) in [5, 5.41) is 13.2. The number of morpholine rings is 1. The number of aldehydes is 1. The summed E-state index contributed by atoms with van der Waals surface area (Å²) in [6, 6.07) is 5.07. The molecule has 4 unspecified atom stereocenters. The number of carbonyl (C=O) groups excluding carboxylic acids is 2. The molecule has 1 amide bonds. The summed E-state index contributed by atoms with van der Waals surface area (Å²) in [5.41, 5.74) is 21.9. The van der Waals surface area contributed by atoms with Crippen molar-refractivity contribution in [3.8, 4) is 23.5 Å². The summed E-state index contributed by atoms with van der Waals surface area (Å²) in [7, 11) is 2.07. The lowest BCUT2D eigenvalue weighted by Crippen LogP contribution is -2.50. The predicted octanol–water partition coefficient (Wildman–Crippen LogP) is 9.06. The van der Waals surface area contributed by atoms with Crippen LogP contribution in [0.4, 0.5) is 15.2 Å². The zero-order chi connectivity index (χ0) is 45.9. The molecule has 15 heteroatoms. The van der Waals surface area contributed by atoms with Gasteiger partial charge >= 0.3 is 0 Å². The molecule has 2 aliphatic rings. The van der Waals surface area contributed by atoms with Crippen LogP contribution in [-0.2, 0) is 20.5 Å². The van der Waals surface area contributed by atoms with E-state index in [4.69, 9.17) is 49.8 Å². The fraction of sp³-hybridized carbons (Fsp3) is 0.553. The number of nitrogen functional groups attached to an aromatic ring is 2. The summed E-state index contributed by atoms with van der Waals surface area (Å²) in [5.74, 6) is 2.68. The summed E-state index contributed by atoms with van der Waals surface area (Å²) >= 11 is 8.08. The number of nitrogens with one attached hydrogen (secondary N) is 1. The normalized spacial score (nSPS) is 19.4. The van der Waals surface area contributed by atoms with Crippen molar-refractivity contribution in [2.24, 2.45) is 11.1 Å². The van der Waals surface area contributed by atoms with Crippen LogP contribution in [0.2, 0.25) is 5.02 Å². The minimum Gasteiger partial charge on any atom is -0.401 e. The molecule has 8 N–H and O–H groups in total. The van der Waals surface area contributed by atoms with Gasteiger partial charge in [0.25, 0.3) is 0 Å². The Kier molecular flexibility index (Phi) is 18.7. The molecular weight excluding hydrogens is 844 g/mol. The Balaban J connectivity index is 0.000000560. The number of unbranched alkanes of at least 4 members (excludes halogenated alkanes) is 3. The van der Waals surface area contributed by atoms with Crippen LogP contribution in [0, 0.1) is 30.5 Å². The fourth-order valence-electron chi connectivity index (χ4n) is 8.51. The van der Waals surface area contributed by atoms with Gasteiger partial charge in [0.1, 0.15) is 22.9 Å². The number of likely N-dealkylation sites (tertiary alicyclic amines) is 1. The molecule has 11 nitrogen and oxygen atoms in total. The van der Waals surface area contributed by atoms with E-state index < -0.39 is 19.3 Å². The molecule has 2 aromatic carbocycles. The maximum Gasteiger partial charge on any atom is 0.220 e. The molecule has 2 fully saturated rings. The lowest BCUT2D eigenvalue weighted by atomic mass is 9.87. The van der Waals surface area contributed by atoms with Gasteiger partial charge in [-0.25, -0.2) is 9.14 Å². The molecule has 2 aromatic heterocycles. The number of nitrogens with zero attached hydrogens (tertiary/aromatic N) is 3. The van der Waals surface area contributed by atoms with Crippen molar-refractivity contribution < 1.29 is 23.8 Å². The number of aliphatic hydroxyl groups is 1. The summed E-state index contributed by atoms with van der Waals surface area (Å²) in [6.45, 7) is 16.5. The van der Waals surface area contributed by atoms with Crippen LogP contribution in [0.3, 0.4) is 0 Å². The third-order valence-corrected chi connectivity index (χ3v) is 15.6. The number of hydrogen-bond donors (Lipinski definition) is 5. The maximum atomic E-state index is 14.9. The number of aryl methyl sites for hydroxylation is 1. The van der Waals surface area contributed by atoms with E-state index >= 15 is 0 Å². The first-order chi connectivity index (χ1) is 29.4.